The first-order valence-electron chi connectivity index (χ1n) is 9.05. The number of anilines is 1. The molecule has 0 spiro atoms. The molecular weight excluding hydrogens is 356 g/mol. The summed E-state index contributed by atoms with van der Waals surface area (Å²) in [5.74, 6) is -0.0520. The van der Waals surface area contributed by atoms with E-state index in [-0.39, 0.29) is 23.7 Å². The van der Waals surface area contributed by atoms with Gasteiger partial charge in [0.05, 0.1) is 12.9 Å². The van der Waals surface area contributed by atoms with Crippen LogP contribution in [0.25, 0.3) is 11.2 Å². The van der Waals surface area contributed by atoms with E-state index in [0.717, 1.165) is 25.7 Å². The molecule has 150 valence electrons. The van der Waals surface area contributed by atoms with Gasteiger partial charge < -0.3 is 31.2 Å². The molecule has 0 aliphatic carbocycles. The Morgan fingerprint density at radius 2 is 2.11 bits per heavy atom. The van der Waals surface area contributed by atoms with Crippen molar-refractivity contribution in [1.82, 2.24) is 19.5 Å². The fraction of sp³-hybridized carbons (Fsp3) is 0.688. The summed E-state index contributed by atoms with van der Waals surface area (Å²) in [6.45, 7) is 0.725. The zero-order valence-corrected chi connectivity index (χ0v) is 15.0. The van der Waals surface area contributed by atoms with Crippen LogP contribution < -0.4 is 17.0 Å². The Balaban J connectivity index is 1.78. The van der Waals surface area contributed by atoms with Gasteiger partial charge in [0.1, 0.15) is 18.3 Å². The molecule has 0 amide bonds. The highest BCUT2D eigenvalue weighted by atomic mass is 16.6. The zero-order chi connectivity index (χ0) is 19.4. The molecular formula is C16H26N6O5. The van der Waals surface area contributed by atoms with Gasteiger partial charge in [-0.3, -0.25) is 14.3 Å². The van der Waals surface area contributed by atoms with Crippen molar-refractivity contribution in [2.45, 2.75) is 50.2 Å². The van der Waals surface area contributed by atoms with Crippen LogP contribution in [0, 0.1) is 0 Å². The van der Waals surface area contributed by atoms with Crippen molar-refractivity contribution in [3.05, 3.63) is 16.7 Å². The molecule has 2 aromatic rings. The predicted octanol–water partition coefficient (Wildman–Crippen LogP) is -1.14. The van der Waals surface area contributed by atoms with Crippen LogP contribution in [0.2, 0.25) is 0 Å². The fourth-order valence-corrected chi connectivity index (χ4v) is 3.22. The lowest BCUT2D eigenvalue weighted by atomic mass is 10.1. The molecule has 1 saturated heterocycles. The van der Waals surface area contributed by atoms with Crippen molar-refractivity contribution < 1.29 is 19.7 Å². The smallest absolute Gasteiger partial charge is 0.280 e. The number of ether oxygens (including phenoxy) is 2. The Hall–Kier alpha value is -2.05. The monoisotopic (exact) mass is 382 g/mol. The third kappa shape index (κ3) is 4.12. The minimum atomic E-state index is -1.03. The van der Waals surface area contributed by atoms with Crippen LogP contribution in [0.4, 0.5) is 5.95 Å². The predicted molar refractivity (Wildman–Crippen MR) is 96.8 cm³/mol. The van der Waals surface area contributed by atoms with Gasteiger partial charge in [0.15, 0.2) is 17.4 Å². The largest absolute Gasteiger partial charge is 0.394 e. The highest BCUT2D eigenvalue weighted by molar-refractivity contribution is 5.70. The molecule has 0 saturated carbocycles. The number of unbranched alkanes of at least 4 members (excludes halogenated alkanes) is 3. The van der Waals surface area contributed by atoms with Gasteiger partial charge in [0.25, 0.3) is 5.56 Å². The van der Waals surface area contributed by atoms with E-state index in [2.05, 4.69) is 15.0 Å². The van der Waals surface area contributed by atoms with E-state index in [1.807, 2.05) is 0 Å². The quantitative estimate of drug-likeness (QED) is 0.336. The summed E-state index contributed by atoms with van der Waals surface area (Å²) in [5, 5.41) is 19.9. The number of hydrogen-bond donors (Lipinski definition) is 5. The van der Waals surface area contributed by atoms with Gasteiger partial charge in [0, 0.05) is 6.61 Å². The minimum Gasteiger partial charge on any atom is -0.394 e. The van der Waals surface area contributed by atoms with E-state index in [4.69, 9.17) is 20.9 Å². The topological polar surface area (TPSA) is 175 Å². The maximum absolute atomic E-state index is 12.0. The van der Waals surface area contributed by atoms with Gasteiger partial charge in [-0.2, -0.15) is 4.98 Å². The first-order chi connectivity index (χ1) is 13.1. The Labute approximate surface area is 155 Å². The summed E-state index contributed by atoms with van der Waals surface area (Å²) in [5.41, 5.74) is 11.0. The lowest BCUT2D eigenvalue weighted by Gasteiger charge is -2.22. The van der Waals surface area contributed by atoms with Crippen LogP contribution >= 0.6 is 0 Å². The molecule has 3 heterocycles. The second-order valence-electron chi connectivity index (χ2n) is 6.55. The van der Waals surface area contributed by atoms with E-state index in [1.165, 1.54) is 10.9 Å². The highest BCUT2D eigenvalue weighted by Gasteiger charge is 2.45. The molecule has 0 radical (unpaired) electrons. The number of rotatable bonds is 9. The number of nitrogens with zero attached hydrogens (tertiary/aromatic N) is 3. The molecule has 0 bridgehead atoms. The standard InChI is InChI=1S/C16H26N6O5/c17-5-3-1-2-4-6-26-12-11(24)9(7-23)27-15(12)22-8-19-10-13(22)20-16(18)21-14(10)25/h8-9,11-12,15,23-24H,1-7,17H2,(H3,18,20,21,25)/t9-,11+,12?,15-/m1/s1. The van der Waals surface area contributed by atoms with Crippen molar-refractivity contribution in [1.29, 1.82) is 0 Å². The highest BCUT2D eigenvalue weighted by Crippen LogP contribution is 2.33. The molecule has 11 nitrogen and oxygen atoms in total. The van der Waals surface area contributed by atoms with Gasteiger partial charge in [-0.15, -0.1) is 0 Å². The molecule has 27 heavy (non-hydrogen) atoms. The summed E-state index contributed by atoms with van der Waals surface area (Å²) in [6, 6.07) is 0. The van der Waals surface area contributed by atoms with Crippen molar-refractivity contribution in [2.24, 2.45) is 5.73 Å². The van der Waals surface area contributed by atoms with Crippen LogP contribution in [-0.2, 0) is 9.47 Å². The lowest BCUT2D eigenvalue weighted by Crippen LogP contribution is -2.35. The molecule has 1 aliphatic heterocycles. The zero-order valence-electron chi connectivity index (χ0n) is 15.0. The number of nitrogens with one attached hydrogen (secondary N) is 1. The van der Waals surface area contributed by atoms with Crippen LogP contribution in [-0.4, -0.2) is 67.8 Å². The number of hydrogen-bond acceptors (Lipinski definition) is 9. The van der Waals surface area contributed by atoms with Gasteiger partial charge in [-0.25, -0.2) is 4.98 Å². The maximum Gasteiger partial charge on any atom is 0.280 e. The number of fused-ring (bicyclic) bond motifs is 1. The molecule has 0 aromatic carbocycles. The van der Waals surface area contributed by atoms with E-state index >= 15 is 0 Å². The van der Waals surface area contributed by atoms with Gasteiger partial charge in [0.2, 0.25) is 5.95 Å². The number of aromatic amines is 1. The first kappa shape index (κ1) is 19.7. The Morgan fingerprint density at radius 1 is 1.33 bits per heavy atom. The van der Waals surface area contributed by atoms with Crippen molar-refractivity contribution in [3.8, 4) is 0 Å². The first-order valence-corrected chi connectivity index (χ1v) is 9.05. The number of H-pyrrole nitrogens is 1. The summed E-state index contributed by atoms with van der Waals surface area (Å²) in [7, 11) is 0. The van der Waals surface area contributed by atoms with E-state index in [0.29, 0.717) is 13.2 Å². The molecule has 7 N–H and O–H groups in total. The number of nitrogen functional groups attached to an aromatic ring is 1. The molecule has 1 aliphatic rings. The van der Waals surface area contributed by atoms with Gasteiger partial charge >= 0.3 is 0 Å². The van der Waals surface area contributed by atoms with Gasteiger partial charge in [-0.1, -0.05) is 12.8 Å². The van der Waals surface area contributed by atoms with Crippen molar-refractivity contribution >= 4 is 17.1 Å². The number of aromatic nitrogens is 4. The summed E-state index contributed by atoms with van der Waals surface area (Å²) >= 11 is 0. The SMILES string of the molecule is NCCCCCCOC1[C@@H](O)[C@@H](CO)O[C@H]1n1cnc2c(=O)[nH]c(N)nc21. The lowest BCUT2D eigenvalue weighted by molar-refractivity contribution is -0.0711. The molecule has 11 heteroatoms. The van der Waals surface area contributed by atoms with E-state index in [1.54, 1.807) is 0 Å². The number of imidazole rings is 1. The normalized spacial score (nSPS) is 25.4. The molecule has 4 atom stereocenters. The minimum absolute atomic E-state index is 0.0520. The average Bonchev–Trinajstić information content (AvgIpc) is 3.19. The van der Waals surface area contributed by atoms with Crippen LogP contribution in [0.3, 0.4) is 0 Å². The van der Waals surface area contributed by atoms with Gasteiger partial charge in [-0.05, 0) is 19.4 Å². The van der Waals surface area contributed by atoms with Crippen molar-refractivity contribution in [3.63, 3.8) is 0 Å². The second-order valence-corrected chi connectivity index (χ2v) is 6.55. The molecule has 1 unspecified atom stereocenters. The number of aliphatic hydroxyl groups is 2. The van der Waals surface area contributed by atoms with E-state index in [9.17, 15) is 15.0 Å². The number of aliphatic hydroxyl groups excluding tert-OH is 2. The van der Waals surface area contributed by atoms with Crippen LogP contribution in [0.5, 0.6) is 0 Å². The Kier molecular flexibility index (Phi) is 6.39. The molecule has 3 rings (SSSR count). The fourth-order valence-electron chi connectivity index (χ4n) is 3.22. The summed E-state index contributed by atoms with van der Waals surface area (Å²) in [4.78, 5) is 22.5. The number of nitrogens with two attached hydrogens (primary N) is 2. The second kappa shape index (κ2) is 8.76. The van der Waals surface area contributed by atoms with Crippen LogP contribution in [0.1, 0.15) is 31.9 Å². The molecule has 1 fully saturated rings. The maximum atomic E-state index is 12.0. The van der Waals surface area contributed by atoms with Crippen LogP contribution in [0.15, 0.2) is 11.1 Å². The average molecular weight is 382 g/mol. The third-order valence-electron chi connectivity index (χ3n) is 4.63. The summed E-state index contributed by atoms with van der Waals surface area (Å²) in [6.07, 6.45) is 1.79. The Morgan fingerprint density at radius 3 is 2.85 bits per heavy atom. The summed E-state index contributed by atoms with van der Waals surface area (Å²) < 4.78 is 13.1. The Bertz CT molecular complexity index is 808. The molecule has 2 aromatic heterocycles. The third-order valence-corrected chi connectivity index (χ3v) is 4.63. The van der Waals surface area contributed by atoms with Crippen molar-refractivity contribution in [2.75, 3.05) is 25.5 Å². The van der Waals surface area contributed by atoms with E-state index < -0.39 is 30.1 Å².